The van der Waals surface area contributed by atoms with Crippen LogP contribution in [0.4, 0.5) is 0 Å². The Morgan fingerprint density at radius 3 is 2.54 bits per heavy atom. The summed E-state index contributed by atoms with van der Waals surface area (Å²) in [6, 6.07) is 5.82. The lowest BCUT2D eigenvalue weighted by molar-refractivity contribution is 0.362. The Bertz CT molecular complexity index is 847. The molecule has 0 spiro atoms. The van der Waals surface area contributed by atoms with Gasteiger partial charge < -0.3 is 15.2 Å². The minimum atomic E-state index is -3.21. The summed E-state index contributed by atoms with van der Waals surface area (Å²) >= 11 is 0. The average molecular weight is 348 g/mol. The summed E-state index contributed by atoms with van der Waals surface area (Å²) in [6.45, 7) is 4.02. The van der Waals surface area contributed by atoms with Gasteiger partial charge in [0.05, 0.1) is 15.9 Å². The predicted molar refractivity (Wildman–Crippen MR) is 94.2 cm³/mol. The Morgan fingerprint density at radius 2 is 1.88 bits per heavy atom. The first-order valence-corrected chi connectivity index (χ1v) is 10.6. The fraction of sp³-hybridized carbons (Fsp3) is 0.588. The predicted octanol–water partition coefficient (Wildman–Crippen LogP) is 1.44. The lowest BCUT2D eigenvalue weighted by Crippen LogP contribution is -2.30. The molecule has 1 aromatic heterocycles. The van der Waals surface area contributed by atoms with Crippen molar-refractivity contribution in [2.75, 3.05) is 32.4 Å². The maximum absolute atomic E-state index is 11.9. The lowest BCUT2D eigenvalue weighted by atomic mass is 10.0. The van der Waals surface area contributed by atoms with Crippen molar-refractivity contribution in [3.8, 4) is 0 Å². The smallest absolute Gasteiger partial charge is 0.175 e. The van der Waals surface area contributed by atoms with Crippen molar-refractivity contribution in [1.82, 2.24) is 20.2 Å². The van der Waals surface area contributed by atoms with Gasteiger partial charge in [-0.1, -0.05) is 0 Å². The second-order valence-electron chi connectivity index (χ2n) is 6.93. The Kier molecular flexibility index (Phi) is 4.10. The third-order valence-corrected chi connectivity index (χ3v) is 6.33. The maximum atomic E-state index is 11.9. The van der Waals surface area contributed by atoms with Crippen LogP contribution in [0.25, 0.3) is 11.0 Å². The highest BCUT2D eigenvalue weighted by Crippen LogP contribution is 2.33. The van der Waals surface area contributed by atoms with Gasteiger partial charge in [0.15, 0.2) is 9.84 Å². The van der Waals surface area contributed by atoms with E-state index in [-0.39, 0.29) is 0 Å². The number of nitrogens with zero attached hydrogens (tertiary/aromatic N) is 2. The molecule has 0 amide bonds. The molecule has 0 radical (unpaired) electrons. The summed E-state index contributed by atoms with van der Waals surface area (Å²) in [7, 11) is -3.21. The lowest BCUT2D eigenvalue weighted by Gasteiger charge is -2.27. The van der Waals surface area contributed by atoms with Crippen molar-refractivity contribution < 1.29 is 8.42 Å². The number of nitrogens with one attached hydrogen (secondary N) is 2. The van der Waals surface area contributed by atoms with Crippen LogP contribution < -0.4 is 10.6 Å². The Morgan fingerprint density at radius 1 is 1.12 bits per heavy atom. The number of imidazole rings is 1. The Labute approximate surface area is 142 Å². The quantitative estimate of drug-likeness (QED) is 0.878. The SMILES string of the molecule is CS(=O)(=O)c1ccc2c(c1)nc(C1CCNC1)n2C1CCNCC1. The fourth-order valence-electron chi connectivity index (χ4n) is 3.94. The molecule has 130 valence electrons. The standard InChI is InChI=1S/C17H24N4O2S/c1-24(22,23)14-2-3-16-15(10-14)20-17(12-4-7-19-11-12)21(16)13-5-8-18-9-6-13/h2-3,10,12-13,18-19H,4-9,11H2,1H3. The van der Waals surface area contributed by atoms with E-state index in [1.807, 2.05) is 6.07 Å². The third kappa shape index (κ3) is 2.85. The average Bonchev–Trinajstić information content (AvgIpc) is 3.21. The summed E-state index contributed by atoms with van der Waals surface area (Å²) in [4.78, 5) is 5.23. The summed E-state index contributed by atoms with van der Waals surface area (Å²) < 4.78 is 26.1. The number of rotatable bonds is 3. The molecule has 0 saturated carbocycles. The van der Waals surface area contributed by atoms with E-state index in [1.165, 1.54) is 6.26 Å². The van der Waals surface area contributed by atoms with E-state index in [4.69, 9.17) is 4.98 Å². The van der Waals surface area contributed by atoms with E-state index in [0.29, 0.717) is 16.9 Å². The van der Waals surface area contributed by atoms with Gasteiger partial charge in [-0.3, -0.25) is 0 Å². The molecule has 0 bridgehead atoms. The van der Waals surface area contributed by atoms with E-state index in [2.05, 4.69) is 15.2 Å². The van der Waals surface area contributed by atoms with Gasteiger partial charge in [-0.05, 0) is 57.1 Å². The van der Waals surface area contributed by atoms with Crippen LogP contribution in [-0.2, 0) is 9.84 Å². The van der Waals surface area contributed by atoms with Gasteiger partial charge in [0.2, 0.25) is 0 Å². The topological polar surface area (TPSA) is 76.0 Å². The summed E-state index contributed by atoms with van der Waals surface area (Å²) in [5.41, 5.74) is 1.87. The van der Waals surface area contributed by atoms with Crippen molar-refractivity contribution in [3.05, 3.63) is 24.0 Å². The molecule has 3 heterocycles. The van der Waals surface area contributed by atoms with Crippen molar-refractivity contribution >= 4 is 20.9 Å². The number of sulfone groups is 1. The van der Waals surface area contributed by atoms with Gasteiger partial charge in [-0.25, -0.2) is 13.4 Å². The molecule has 2 aromatic rings. The highest BCUT2D eigenvalue weighted by molar-refractivity contribution is 7.90. The summed E-state index contributed by atoms with van der Waals surface area (Å²) in [5, 5.41) is 6.84. The van der Waals surface area contributed by atoms with Crippen molar-refractivity contribution in [3.63, 3.8) is 0 Å². The van der Waals surface area contributed by atoms with Gasteiger partial charge in [0.25, 0.3) is 0 Å². The minimum Gasteiger partial charge on any atom is -0.324 e. The minimum absolute atomic E-state index is 0.348. The number of fused-ring (bicyclic) bond motifs is 1. The molecule has 1 atom stereocenters. The molecular formula is C17H24N4O2S. The Hall–Kier alpha value is -1.44. The molecule has 24 heavy (non-hydrogen) atoms. The number of hydrogen-bond acceptors (Lipinski definition) is 5. The molecule has 4 rings (SSSR count). The first-order chi connectivity index (χ1) is 11.5. The molecule has 2 aliphatic heterocycles. The van der Waals surface area contributed by atoms with Gasteiger partial charge in [0, 0.05) is 24.8 Å². The van der Waals surface area contributed by atoms with E-state index < -0.39 is 9.84 Å². The molecule has 1 unspecified atom stereocenters. The van der Waals surface area contributed by atoms with E-state index in [9.17, 15) is 8.42 Å². The van der Waals surface area contributed by atoms with E-state index in [1.54, 1.807) is 12.1 Å². The second-order valence-corrected chi connectivity index (χ2v) is 8.95. The molecule has 0 aliphatic carbocycles. The monoisotopic (exact) mass is 348 g/mol. The first kappa shape index (κ1) is 16.1. The molecule has 6 nitrogen and oxygen atoms in total. The molecular weight excluding hydrogens is 324 g/mol. The maximum Gasteiger partial charge on any atom is 0.175 e. The van der Waals surface area contributed by atoms with Crippen LogP contribution in [0.5, 0.6) is 0 Å². The van der Waals surface area contributed by atoms with Crippen LogP contribution in [0.1, 0.15) is 37.0 Å². The zero-order valence-electron chi connectivity index (χ0n) is 14.0. The zero-order valence-corrected chi connectivity index (χ0v) is 14.8. The van der Waals surface area contributed by atoms with Crippen LogP contribution in [0, 0.1) is 0 Å². The number of hydrogen-bond donors (Lipinski definition) is 2. The van der Waals surface area contributed by atoms with Crippen LogP contribution >= 0.6 is 0 Å². The van der Waals surface area contributed by atoms with Crippen LogP contribution in [0.15, 0.2) is 23.1 Å². The molecule has 2 aliphatic rings. The normalized spacial score (nSPS) is 23.1. The second kappa shape index (κ2) is 6.13. The zero-order chi connectivity index (χ0) is 16.7. The summed E-state index contributed by atoms with van der Waals surface area (Å²) in [5.74, 6) is 1.53. The highest BCUT2D eigenvalue weighted by Gasteiger charge is 2.28. The van der Waals surface area contributed by atoms with Gasteiger partial charge in [-0.2, -0.15) is 0 Å². The molecule has 7 heteroatoms. The fourth-order valence-corrected chi connectivity index (χ4v) is 4.58. The largest absolute Gasteiger partial charge is 0.324 e. The van der Waals surface area contributed by atoms with E-state index >= 15 is 0 Å². The first-order valence-electron chi connectivity index (χ1n) is 8.67. The van der Waals surface area contributed by atoms with E-state index in [0.717, 1.165) is 62.3 Å². The summed E-state index contributed by atoms with van der Waals surface area (Å²) in [6.07, 6.45) is 4.52. The highest BCUT2D eigenvalue weighted by atomic mass is 32.2. The van der Waals surface area contributed by atoms with Crippen molar-refractivity contribution in [2.45, 2.75) is 36.1 Å². The van der Waals surface area contributed by atoms with Gasteiger partial charge in [-0.15, -0.1) is 0 Å². The van der Waals surface area contributed by atoms with Crippen molar-refractivity contribution in [1.29, 1.82) is 0 Å². The van der Waals surface area contributed by atoms with Gasteiger partial charge in [0.1, 0.15) is 5.82 Å². The van der Waals surface area contributed by atoms with Gasteiger partial charge >= 0.3 is 0 Å². The number of aromatic nitrogens is 2. The molecule has 2 fully saturated rings. The number of benzene rings is 1. The van der Waals surface area contributed by atoms with Crippen LogP contribution in [0.3, 0.4) is 0 Å². The van der Waals surface area contributed by atoms with Crippen LogP contribution in [-0.4, -0.2) is 50.4 Å². The number of piperidine rings is 1. The molecule has 1 aromatic carbocycles. The van der Waals surface area contributed by atoms with Crippen molar-refractivity contribution in [2.24, 2.45) is 0 Å². The van der Waals surface area contributed by atoms with Crippen LogP contribution in [0.2, 0.25) is 0 Å². The molecule has 2 saturated heterocycles. The molecule has 2 N–H and O–H groups in total. The Balaban J connectivity index is 1.87. The third-order valence-electron chi connectivity index (χ3n) is 5.22.